The standard InChI is InChI=1S/C16H24N4O3/c1-4-18-16(22)14-7-6-13(20(3)11-17)10-15(14)23-9-5-8-19-12(2)21/h6-7,10-11,17H,4-5,8-9H2,1-3H3,(H,18,22)(H,19,21). The number of carbonyl (C=O) groups is 2. The molecule has 0 atom stereocenters. The molecule has 1 aromatic carbocycles. The molecule has 0 heterocycles. The van der Waals surface area contributed by atoms with Gasteiger partial charge in [-0.1, -0.05) is 0 Å². The maximum absolute atomic E-state index is 12.1. The topological polar surface area (TPSA) is 94.5 Å². The minimum atomic E-state index is -0.201. The lowest BCUT2D eigenvalue weighted by Gasteiger charge is -2.17. The van der Waals surface area contributed by atoms with Crippen LogP contribution in [0.3, 0.4) is 0 Å². The molecule has 0 bridgehead atoms. The summed E-state index contributed by atoms with van der Waals surface area (Å²) >= 11 is 0. The van der Waals surface area contributed by atoms with E-state index >= 15 is 0 Å². The van der Waals surface area contributed by atoms with Crippen LogP contribution in [0, 0.1) is 5.41 Å². The van der Waals surface area contributed by atoms with Crippen molar-refractivity contribution >= 4 is 23.8 Å². The van der Waals surface area contributed by atoms with Crippen LogP contribution in [0.4, 0.5) is 5.69 Å². The smallest absolute Gasteiger partial charge is 0.255 e. The third-order valence-electron chi connectivity index (χ3n) is 3.10. The molecule has 7 nitrogen and oxygen atoms in total. The number of hydrogen-bond acceptors (Lipinski definition) is 4. The molecule has 3 N–H and O–H groups in total. The second-order valence-electron chi connectivity index (χ2n) is 4.96. The summed E-state index contributed by atoms with van der Waals surface area (Å²) in [4.78, 5) is 24.5. The number of nitrogens with zero attached hydrogens (tertiary/aromatic N) is 1. The Morgan fingerprint density at radius 1 is 1.35 bits per heavy atom. The number of rotatable bonds is 9. The molecule has 0 aliphatic heterocycles. The summed E-state index contributed by atoms with van der Waals surface area (Å²) < 4.78 is 5.71. The highest BCUT2D eigenvalue weighted by Crippen LogP contribution is 2.25. The van der Waals surface area contributed by atoms with Gasteiger partial charge in [-0.15, -0.1) is 0 Å². The van der Waals surface area contributed by atoms with Crippen LogP contribution >= 0.6 is 0 Å². The molecule has 0 aliphatic carbocycles. The molecule has 0 aliphatic rings. The number of carbonyl (C=O) groups excluding carboxylic acids is 2. The van der Waals surface area contributed by atoms with Gasteiger partial charge in [0.25, 0.3) is 5.91 Å². The lowest BCUT2D eigenvalue weighted by Crippen LogP contribution is -2.24. The zero-order chi connectivity index (χ0) is 17.2. The largest absolute Gasteiger partial charge is 0.493 e. The van der Waals surface area contributed by atoms with E-state index in [9.17, 15) is 9.59 Å². The summed E-state index contributed by atoms with van der Waals surface area (Å²) in [5.74, 6) is 0.181. The quantitative estimate of drug-likeness (QED) is 0.364. The predicted octanol–water partition coefficient (Wildman–Crippen LogP) is 1.38. The van der Waals surface area contributed by atoms with Gasteiger partial charge in [0.1, 0.15) is 5.75 Å². The molecule has 126 valence electrons. The molecule has 0 fully saturated rings. The first-order valence-electron chi connectivity index (χ1n) is 7.52. The van der Waals surface area contributed by atoms with Gasteiger partial charge in [-0.25, -0.2) is 0 Å². The van der Waals surface area contributed by atoms with E-state index in [1.807, 2.05) is 6.92 Å². The van der Waals surface area contributed by atoms with E-state index < -0.39 is 0 Å². The SMILES string of the molecule is CCNC(=O)c1ccc(N(C)C=N)cc1OCCCNC(C)=O. The summed E-state index contributed by atoms with van der Waals surface area (Å²) in [5, 5.41) is 12.7. The molecule has 2 amide bonds. The number of anilines is 1. The van der Waals surface area contributed by atoms with E-state index in [1.54, 1.807) is 30.1 Å². The van der Waals surface area contributed by atoms with Crippen molar-refractivity contribution in [1.82, 2.24) is 10.6 Å². The van der Waals surface area contributed by atoms with Gasteiger partial charge in [0.05, 0.1) is 18.5 Å². The van der Waals surface area contributed by atoms with Crippen LogP contribution in [0.25, 0.3) is 0 Å². The van der Waals surface area contributed by atoms with Crippen molar-refractivity contribution in [3.05, 3.63) is 23.8 Å². The lowest BCUT2D eigenvalue weighted by molar-refractivity contribution is -0.118. The Balaban J connectivity index is 2.83. The molecular formula is C16H24N4O3. The highest BCUT2D eigenvalue weighted by atomic mass is 16.5. The van der Waals surface area contributed by atoms with Gasteiger partial charge in [0.2, 0.25) is 5.91 Å². The molecule has 0 radical (unpaired) electrons. The van der Waals surface area contributed by atoms with Crippen LogP contribution in [-0.2, 0) is 4.79 Å². The zero-order valence-electron chi connectivity index (χ0n) is 13.8. The molecule has 7 heteroatoms. The van der Waals surface area contributed by atoms with Crippen molar-refractivity contribution in [2.45, 2.75) is 20.3 Å². The van der Waals surface area contributed by atoms with Gasteiger partial charge in [-0.3, -0.25) is 15.0 Å². The molecule has 0 saturated heterocycles. The van der Waals surface area contributed by atoms with E-state index in [-0.39, 0.29) is 11.8 Å². The highest BCUT2D eigenvalue weighted by Gasteiger charge is 2.13. The summed E-state index contributed by atoms with van der Waals surface area (Å²) in [6.45, 7) is 4.74. The van der Waals surface area contributed by atoms with Gasteiger partial charge in [-0.2, -0.15) is 0 Å². The zero-order valence-corrected chi connectivity index (χ0v) is 13.8. The van der Waals surface area contributed by atoms with Crippen LogP contribution < -0.4 is 20.3 Å². The Bertz CT molecular complexity index is 560. The average Bonchev–Trinajstić information content (AvgIpc) is 2.53. The molecule has 0 spiro atoms. The maximum atomic E-state index is 12.1. The molecule has 0 saturated carbocycles. The molecular weight excluding hydrogens is 296 g/mol. The molecule has 0 aromatic heterocycles. The minimum absolute atomic E-state index is 0.0809. The first-order valence-corrected chi connectivity index (χ1v) is 7.52. The summed E-state index contributed by atoms with van der Waals surface area (Å²) in [5.41, 5.74) is 1.21. The Labute approximate surface area is 136 Å². The Morgan fingerprint density at radius 2 is 2.09 bits per heavy atom. The third-order valence-corrected chi connectivity index (χ3v) is 3.10. The van der Waals surface area contributed by atoms with Crippen LogP contribution in [0.15, 0.2) is 18.2 Å². The number of amides is 2. The maximum Gasteiger partial charge on any atom is 0.255 e. The van der Waals surface area contributed by atoms with Gasteiger partial charge >= 0.3 is 0 Å². The normalized spacial score (nSPS) is 9.87. The fourth-order valence-corrected chi connectivity index (χ4v) is 1.89. The van der Waals surface area contributed by atoms with E-state index in [2.05, 4.69) is 10.6 Å². The van der Waals surface area contributed by atoms with Crippen molar-refractivity contribution in [1.29, 1.82) is 5.41 Å². The Hall–Kier alpha value is -2.57. The number of benzene rings is 1. The fourth-order valence-electron chi connectivity index (χ4n) is 1.89. The van der Waals surface area contributed by atoms with Gasteiger partial charge in [0.15, 0.2) is 0 Å². The number of hydrogen-bond donors (Lipinski definition) is 3. The molecule has 23 heavy (non-hydrogen) atoms. The van der Waals surface area contributed by atoms with Crippen LogP contribution in [0.1, 0.15) is 30.6 Å². The lowest BCUT2D eigenvalue weighted by atomic mass is 10.1. The van der Waals surface area contributed by atoms with Gasteiger partial charge in [0, 0.05) is 38.8 Å². The number of ether oxygens (including phenoxy) is 1. The predicted molar refractivity (Wildman–Crippen MR) is 90.4 cm³/mol. The second kappa shape index (κ2) is 9.45. The van der Waals surface area contributed by atoms with E-state index in [0.29, 0.717) is 37.4 Å². The molecule has 0 unspecified atom stereocenters. The first-order chi connectivity index (χ1) is 11.0. The van der Waals surface area contributed by atoms with E-state index in [0.717, 1.165) is 5.69 Å². The Morgan fingerprint density at radius 3 is 2.70 bits per heavy atom. The fraction of sp³-hybridized carbons (Fsp3) is 0.438. The van der Waals surface area contributed by atoms with E-state index in [4.69, 9.17) is 10.1 Å². The third kappa shape index (κ3) is 5.98. The highest BCUT2D eigenvalue weighted by molar-refractivity contribution is 5.97. The summed E-state index contributed by atoms with van der Waals surface area (Å²) in [7, 11) is 1.74. The van der Waals surface area contributed by atoms with Gasteiger partial charge in [-0.05, 0) is 25.5 Å². The van der Waals surface area contributed by atoms with Crippen LogP contribution in [0.2, 0.25) is 0 Å². The minimum Gasteiger partial charge on any atom is -0.493 e. The summed E-state index contributed by atoms with van der Waals surface area (Å²) in [6, 6.07) is 5.18. The Kier molecular flexibility index (Phi) is 7.59. The van der Waals surface area contributed by atoms with Crippen LogP contribution in [0.5, 0.6) is 5.75 Å². The van der Waals surface area contributed by atoms with Crippen molar-refractivity contribution in [3.8, 4) is 5.75 Å². The first kappa shape index (κ1) is 18.5. The van der Waals surface area contributed by atoms with Crippen LogP contribution in [-0.4, -0.2) is 44.9 Å². The summed E-state index contributed by atoms with van der Waals surface area (Å²) in [6.07, 6.45) is 1.82. The molecule has 1 aromatic rings. The van der Waals surface area contributed by atoms with Crippen molar-refractivity contribution in [3.63, 3.8) is 0 Å². The van der Waals surface area contributed by atoms with E-state index in [1.165, 1.54) is 13.3 Å². The van der Waals surface area contributed by atoms with Crippen molar-refractivity contribution < 1.29 is 14.3 Å². The van der Waals surface area contributed by atoms with Crippen molar-refractivity contribution in [2.75, 3.05) is 31.6 Å². The van der Waals surface area contributed by atoms with Gasteiger partial charge < -0.3 is 20.3 Å². The number of nitrogens with one attached hydrogen (secondary N) is 3. The molecule has 1 rings (SSSR count). The monoisotopic (exact) mass is 320 g/mol. The second-order valence-corrected chi connectivity index (χ2v) is 4.96. The van der Waals surface area contributed by atoms with Crippen molar-refractivity contribution in [2.24, 2.45) is 0 Å². The average molecular weight is 320 g/mol.